The summed E-state index contributed by atoms with van der Waals surface area (Å²) in [6.07, 6.45) is 7.49. The maximum absolute atomic E-state index is 13.6. The maximum atomic E-state index is 13.6. The second-order valence-corrected chi connectivity index (χ2v) is 11.8. The van der Waals surface area contributed by atoms with Crippen LogP contribution in [0, 0.1) is 5.82 Å². The first kappa shape index (κ1) is 29.5. The molecule has 0 saturated carbocycles. The first-order valence-electron chi connectivity index (χ1n) is 15.2. The van der Waals surface area contributed by atoms with Crippen LogP contribution < -0.4 is 5.32 Å². The molecular weight excluding hydrogens is 559 g/mol. The lowest BCUT2D eigenvalue weighted by molar-refractivity contribution is 0.0967. The second-order valence-electron chi connectivity index (χ2n) is 11.8. The number of piperidine rings is 1. The molecule has 2 N–H and O–H groups in total. The van der Waals surface area contributed by atoms with Crippen molar-refractivity contribution in [2.45, 2.75) is 57.5 Å². The number of aliphatic hydroxyl groups is 1. The minimum absolute atomic E-state index is 0.114. The number of carbonyl (C=O) groups excluding carboxylic acids is 2. The lowest BCUT2D eigenvalue weighted by Crippen LogP contribution is -2.42. The molecule has 9 nitrogen and oxygen atoms in total. The van der Waals surface area contributed by atoms with Crippen molar-refractivity contribution >= 4 is 34.3 Å². The van der Waals surface area contributed by atoms with Gasteiger partial charge >= 0.3 is 6.03 Å². The van der Waals surface area contributed by atoms with Gasteiger partial charge in [0.15, 0.2) is 11.4 Å². The number of fused-ring (bicyclic) bond motifs is 2. The third-order valence-corrected chi connectivity index (χ3v) is 8.64. The van der Waals surface area contributed by atoms with Crippen molar-refractivity contribution in [3.8, 4) is 11.1 Å². The van der Waals surface area contributed by atoms with Gasteiger partial charge in [-0.15, -0.1) is 5.10 Å². The van der Waals surface area contributed by atoms with E-state index in [9.17, 15) is 19.1 Å². The van der Waals surface area contributed by atoms with Crippen LogP contribution in [0.5, 0.6) is 0 Å². The Morgan fingerprint density at radius 2 is 1.86 bits per heavy atom. The van der Waals surface area contributed by atoms with Crippen LogP contribution in [-0.4, -0.2) is 60.2 Å². The van der Waals surface area contributed by atoms with Crippen molar-refractivity contribution in [1.82, 2.24) is 24.1 Å². The zero-order valence-electron chi connectivity index (χ0n) is 25.0. The van der Waals surface area contributed by atoms with Crippen molar-refractivity contribution in [2.24, 2.45) is 7.05 Å². The van der Waals surface area contributed by atoms with Gasteiger partial charge in [0.1, 0.15) is 5.82 Å². The van der Waals surface area contributed by atoms with Crippen LogP contribution >= 0.6 is 0 Å². The van der Waals surface area contributed by atoms with Crippen LogP contribution in [0.15, 0.2) is 67.0 Å². The lowest BCUT2D eigenvalue weighted by Gasteiger charge is -2.29. The van der Waals surface area contributed by atoms with Gasteiger partial charge < -0.3 is 14.6 Å². The number of aliphatic hydroxyl groups excluding tert-OH is 1. The number of Topliss-reactive ketones (excluding diaryl/α,β-unsaturated/α-hetero) is 1. The number of likely N-dealkylation sites (tertiary alicyclic amines) is 1. The number of carbonyl (C=O) groups is 2. The predicted molar refractivity (Wildman–Crippen MR) is 168 cm³/mol. The smallest absolute Gasteiger partial charge is 0.324 e. The average Bonchev–Trinajstić information content (AvgIpc) is 3.58. The highest BCUT2D eigenvalue weighted by molar-refractivity contribution is 6.09. The molecule has 4 heterocycles. The summed E-state index contributed by atoms with van der Waals surface area (Å²) in [5, 5.41) is 17.8. The van der Waals surface area contributed by atoms with Crippen LogP contribution in [0.1, 0.15) is 67.3 Å². The van der Waals surface area contributed by atoms with E-state index in [1.54, 1.807) is 27.7 Å². The number of hydrogen-bond donors (Lipinski definition) is 2. The van der Waals surface area contributed by atoms with E-state index in [0.717, 1.165) is 46.9 Å². The zero-order valence-corrected chi connectivity index (χ0v) is 25.0. The number of nitrogens with zero attached hydrogens (tertiary/aromatic N) is 5. The topological polar surface area (TPSA) is 105 Å². The van der Waals surface area contributed by atoms with Gasteiger partial charge in [-0.3, -0.25) is 10.1 Å². The van der Waals surface area contributed by atoms with Gasteiger partial charge in [0.05, 0.1) is 6.10 Å². The number of halogens is 1. The predicted octanol–water partition coefficient (Wildman–Crippen LogP) is 6.56. The molecule has 3 aromatic heterocycles. The monoisotopic (exact) mass is 596 g/mol. The summed E-state index contributed by atoms with van der Waals surface area (Å²) in [5.41, 5.74) is 5.14. The molecule has 1 aliphatic heterocycles. The third-order valence-electron chi connectivity index (χ3n) is 8.64. The van der Waals surface area contributed by atoms with E-state index in [-0.39, 0.29) is 35.6 Å². The Bertz CT molecular complexity index is 1820. The van der Waals surface area contributed by atoms with E-state index in [1.807, 2.05) is 54.2 Å². The number of nitrogens with one attached hydrogen (secondary N) is 1. The summed E-state index contributed by atoms with van der Waals surface area (Å²) in [4.78, 5) is 32.1. The second kappa shape index (κ2) is 12.6. The number of pyridine rings is 1. The molecule has 1 saturated heterocycles. The number of hydrogen-bond acceptors (Lipinski definition) is 5. The molecule has 0 bridgehead atoms. The van der Waals surface area contributed by atoms with Gasteiger partial charge in [-0.2, -0.15) is 4.98 Å². The minimum Gasteiger partial charge on any atom is -0.393 e. The molecule has 10 heteroatoms. The minimum atomic E-state index is -0.358. The summed E-state index contributed by atoms with van der Waals surface area (Å²) in [6.45, 7) is 3.08. The zero-order chi connectivity index (χ0) is 30.8. The van der Waals surface area contributed by atoms with Gasteiger partial charge in [-0.05, 0) is 84.7 Å². The van der Waals surface area contributed by atoms with Crippen molar-refractivity contribution < 1.29 is 19.1 Å². The van der Waals surface area contributed by atoms with E-state index in [4.69, 9.17) is 0 Å². The van der Waals surface area contributed by atoms with Crippen molar-refractivity contribution in [1.29, 1.82) is 0 Å². The number of rotatable bonds is 9. The third kappa shape index (κ3) is 6.35. The summed E-state index contributed by atoms with van der Waals surface area (Å²) >= 11 is 0. The Balaban J connectivity index is 1.13. The molecule has 1 fully saturated rings. The summed E-state index contributed by atoms with van der Waals surface area (Å²) in [7, 11) is 1.95. The Labute approximate surface area is 255 Å². The molecule has 228 valence electrons. The van der Waals surface area contributed by atoms with Gasteiger partial charge in [-0.25, -0.2) is 13.7 Å². The highest BCUT2D eigenvalue weighted by Crippen LogP contribution is 2.30. The fraction of sp³-hybridized carbons (Fsp3) is 0.353. The highest BCUT2D eigenvalue weighted by atomic mass is 19.1. The standard InChI is InChI=1S/C34H37FN6O3/c1-22(23-7-5-8-26(35)18-23)6-3-4-9-31(43)29-21-39(2)30-11-10-24(19-28(29)30)25-12-17-41-32(20-25)36-33(38-41)37-34(44)40-15-13-27(42)14-16-40/h5,7-8,10-12,17-22,27,42H,3-4,6,9,13-16H2,1-2H3,(H,37,38,44)/t22-/m1/s1. The number of ketones is 1. The summed E-state index contributed by atoms with van der Waals surface area (Å²) in [6, 6.07) is 16.4. The summed E-state index contributed by atoms with van der Waals surface area (Å²) < 4.78 is 17.2. The van der Waals surface area contributed by atoms with E-state index in [1.165, 1.54) is 6.07 Å². The molecule has 0 unspecified atom stereocenters. The lowest BCUT2D eigenvalue weighted by atomic mass is 9.94. The fourth-order valence-electron chi connectivity index (χ4n) is 6.00. The number of aryl methyl sites for hydroxylation is 1. The molecule has 2 amide bonds. The summed E-state index contributed by atoms with van der Waals surface area (Å²) in [5.74, 6) is 0.351. The van der Waals surface area contributed by atoms with Crippen LogP contribution in [0.4, 0.5) is 15.1 Å². The van der Waals surface area contributed by atoms with Gasteiger partial charge in [-0.1, -0.05) is 31.5 Å². The number of benzene rings is 2. The first-order valence-corrected chi connectivity index (χ1v) is 15.2. The Morgan fingerprint density at radius 1 is 1.07 bits per heavy atom. The van der Waals surface area contributed by atoms with Gasteiger partial charge in [0.25, 0.3) is 5.95 Å². The van der Waals surface area contributed by atoms with E-state index in [0.29, 0.717) is 43.6 Å². The number of urea groups is 1. The molecule has 0 spiro atoms. The van der Waals surface area contributed by atoms with Crippen LogP contribution in [0.3, 0.4) is 0 Å². The molecule has 1 aliphatic rings. The maximum Gasteiger partial charge on any atom is 0.324 e. The molecule has 5 aromatic rings. The van der Waals surface area contributed by atoms with Crippen molar-refractivity contribution in [3.05, 3.63) is 83.9 Å². The SMILES string of the molecule is C[C@H](CCCCC(=O)c1cn(C)c2ccc(-c3ccn4nc(NC(=O)N5CCC(O)CC5)nc4c3)cc12)c1cccc(F)c1. The van der Waals surface area contributed by atoms with Crippen LogP contribution in [0.25, 0.3) is 27.7 Å². The number of amides is 2. The molecule has 44 heavy (non-hydrogen) atoms. The molecular formula is C34H37FN6O3. The quantitative estimate of drug-likeness (QED) is 0.148. The number of anilines is 1. The van der Waals surface area contributed by atoms with Gasteiger partial charge in [0.2, 0.25) is 0 Å². The molecule has 1 atom stereocenters. The normalized spacial score (nSPS) is 14.8. The molecule has 6 rings (SSSR count). The number of unbranched alkanes of at least 4 members (excludes halogenated alkanes) is 1. The molecule has 0 radical (unpaired) electrons. The van der Waals surface area contributed by atoms with Gasteiger partial charge in [0, 0.05) is 55.4 Å². The number of aromatic nitrogens is 4. The van der Waals surface area contributed by atoms with Crippen molar-refractivity contribution in [2.75, 3.05) is 18.4 Å². The highest BCUT2D eigenvalue weighted by Gasteiger charge is 2.22. The van der Waals surface area contributed by atoms with Crippen LogP contribution in [-0.2, 0) is 7.05 Å². The molecule has 0 aliphatic carbocycles. The average molecular weight is 597 g/mol. The van der Waals surface area contributed by atoms with E-state index in [2.05, 4.69) is 22.3 Å². The largest absolute Gasteiger partial charge is 0.393 e. The van der Waals surface area contributed by atoms with Crippen LogP contribution in [0.2, 0.25) is 0 Å². The Kier molecular flexibility index (Phi) is 8.43. The first-order chi connectivity index (χ1) is 21.2. The van der Waals surface area contributed by atoms with Crippen molar-refractivity contribution in [3.63, 3.8) is 0 Å². The van der Waals surface area contributed by atoms with E-state index < -0.39 is 0 Å². The Hall–Kier alpha value is -4.57. The van der Waals surface area contributed by atoms with E-state index >= 15 is 0 Å². The molecule has 2 aromatic carbocycles. The fourth-order valence-corrected chi connectivity index (χ4v) is 6.00. The Morgan fingerprint density at radius 3 is 2.66 bits per heavy atom.